The van der Waals surface area contributed by atoms with Gasteiger partial charge in [-0.05, 0) is 36.4 Å². The van der Waals surface area contributed by atoms with Gasteiger partial charge in [-0.1, -0.05) is 66.7 Å². The Labute approximate surface area is 175 Å². The third kappa shape index (κ3) is 3.89. The Hall–Kier alpha value is -3.67. The van der Waals surface area contributed by atoms with Crippen LogP contribution in [0.25, 0.3) is 0 Å². The van der Waals surface area contributed by atoms with Crippen molar-refractivity contribution in [2.24, 2.45) is 11.5 Å². The lowest BCUT2D eigenvalue weighted by Gasteiger charge is -2.43. The van der Waals surface area contributed by atoms with E-state index in [1.54, 1.807) is 60.7 Å². The maximum atomic E-state index is 12.9. The maximum Gasteiger partial charge on any atom is 0.306 e. The molecule has 30 heavy (non-hydrogen) atoms. The third-order valence-corrected chi connectivity index (χ3v) is 4.80. The van der Waals surface area contributed by atoms with Gasteiger partial charge in [0.05, 0.1) is 0 Å². The number of nitrogens with two attached hydrogens (primary N) is 2. The fraction of sp³-hybridized carbons (Fsp3) is 0.0800. The van der Waals surface area contributed by atoms with E-state index in [0.29, 0.717) is 22.6 Å². The van der Waals surface area contributed by atoms with Crippen LogP contribution in [0.3, 0.4) is 0 Å². The number of hydrogen-bond donors (Lipinski definition) is 2. The first-order valence-electron chi connectivity index (χ1n) is 9.57. The average molecular weight is 398 g/mol. The Bertz CT molecular complexity index is 1030. The summed E-state index contributed by atoms with van der Waals surface area (Å²) in [5, 5.41) is 0. The highest BCUT2D eigenvalue weighted by atomic mass is 16.7. The third-order valence-electron chi connectivity index (χ3n) is 4.80. The van der Waals surface area contributed by atoms with Gasteiger partial charge in [0, 0.05) is 17.2 Å². The molecule has 0 spiro atoms. The number of hydrogen-bond acceptors (Lipinski definition) is 5. The molecule has 4 N–H and O–H groups in total. The molecule has 0 amide bonds. The fourth-order valence-electron chi connectivity index (χ4n) is 3.24. The van der Waals surface area contributed by atoms with E-state index in [1.807, 2.05) is 42.5 Å². The molecule has 1 aliphatic carbocycles. The number of benzene rings is 3. The molecule has 0 aromatic heterocycles. The predicted molar refractivity (Wildman–Crippen MR) is 116 cm³/mol. The quantitative estimate of drug-likeness (QED) is 0.487. The minimum atomic E-state index is -1.63. The summed E-state index contributed by atoms with van der Waals surface area (Å²) in [5.74, 6) is -0.676. The van der Waals surface area contributed by atoms with Gasteiger partial charge in [0.25, 0.3) is 0 Å². The number of rotatable bonds is 6. The molecular formula is C25H22N2O3. The first-order valence-corrected chi connectivity index (χ1v) is 9.57. The molecule has 0 radical (unpaired) electrons. The summed E-state index contributed by atoms with van der Waals surface area (Å²) < 4.78 is 12.4. The summed E-state index contributed by atoms with van der Waals surface area (Å²) in [6.45, 7) is 0. The first-order chi connectivity index (χ1) is 14.5. The minimum Gasteiger partial charge on any atom is -0.446 e. The summed E-state index contributed by atoms with van der Waals surface area (Å²) in [5.41, 5.74) is 12.3. The highest BCUT2D eigenvalue weighted by Crippen LogP contribution is 2.34. The highest BCUT2D eigenvalue weighted by Gasteiger charge is 2.51. The van der Waals surface area contributed by atoms with Gasteiger partial charge in [-0.15, -0.1) is 0 Å². The number of para-hydroxylation sites is 2. The van der Waals surface area contributed by atoms with Crippen LogP contribution in [0, 0.1) is 0 Å². The molecule has 0 fully saturated rings. The molecule has 0 unspecified atom stereocenters. The van der Waals surface area contributed by atoms with E-state index in [-0.39, 0.29) is 5.78 Å². The molecule has 4 rings (SSSR count). The van der Waals surface area contributed by atoms with E-state index in [2.05, 4.69) is 0 Å². The van der Waals surface area contributed by atoms with E-state index in [1.165, 1.54) is 6.08 Å². The lowest BCUT2D eigenvalue weighted by atomic mass is 9.88. The van der Waals surface area contributed by atoms with E-state index in [4.69, 9.17) is 20.9 Å². The zero-order chi connectivity index (χ0) is 21.0. The van der Waals surface area contributed by atoms with Crippen LogP contribution >= 0.6 is 0 Å². The number of allylic oxidation sites excluding steroid dienone is 2. The summed E-state index contributed by atoms with van der Waals surface area (Å²) in [6, 6.07) is 27.2. The van der Waals surface area contributed by atoms with Crippen LogP contribution in [0.15, 0.2) is 115 Å². The van der Waals surface area contributed by atoms with Gasteiger partial charge in [0.15, 0.2) is 11.4 Å². The molecular weight excluding hydrogens is 376 g/mol. The number of carbonyl (C=O) groups excluding carboxylic acids is 1. The van der Waals surface area contributed by atoms with Crippen LogP contribution in [0.2, 0.25) is 0 Å². The zero-order valence-electron chi connectivity index (χ0n) is 16.3. The van der Waals surface area contributed by atoms with Crippen LogP contribution in [0.4, 0.5) is 0 Å². The van der Waals surface area contributed by atoms with Crippen molar-refractivity contribution in [2.75, 3.05) is 0 Å². The lowest BCUT2D eigenvalue weighted by Crippen LogP contribution is -2.71. The normalized spacial score (nSPS) is 16.4. The summed E-state index contributed by atoms with van der Waals surface area (Å²) >= 11 is 0. The SMILES string of the molecule is NC1(N)C=C(C(=O)c2ccccc2)C=CC1(Oc1ccccc1)Oc1ccccc1. The molecule has 3 aromatic rings. The summed E-state index contributed by atoms with van der Waals surface area (Å²) in [4.78, 5) is 12.9. The van der Waals surface area contributed by atoms with Gasteiger partial charge in [-0.2, -0.15) is 0 Å². The number of ether oxygens (including phenoxy) is 2. The van der Waals surface area contributed by atoms with Gasteiger partial charge >= 0.3 is 5.79 Å². The van der Waals surface area contributed by atoms with Crippen molar-refractivity contribution in [3.63, 3.8) is 0 Å². The Morgan fingerprint density at radius 2 is 1.17 bits per heavy atom. The van der Waals surface area contributed by atoms with Crippen LogP contribution in [0.5, 0.6) is 11.5 Å². The van der Waals surface area contributed by atoms with Crippen molar-refractivity contribution in [3.05, 3.63) is 120 Å². The Balaban J connectivity index is 1.72. The van der Waals surface area contributed by atoms with E-state index in [9.17, 15) is 4.79 Å². The Morgan fingerprint density at radius 3 is 1.63 bits per heavy atom. The summed E-state index contributed by atoms with van der Waals surface area (Å²) in [6.07, 6.45) is 4.73. The van der Waals surface area contributed by atoms with Gasteiger partial charge < -0.3 is 20.9 Å². The van der Waals surface area contributed by atoms with Crippen molar-refractivity contribution >= 4 is 5.78 Å². The first kappa shape index (κ1) is 19.6. The molecule has 1 aliphatic rings. The fourth-order valence-corrected chi connectivity index (χ4v) is 3.24. The van der Waals surface area contributed by atoms with Crippen molar-refractivity contribution in [1.82, 2.24) is 0 Å². The smallest absolute Gasteiger partial charge is 0.306 e. The second-order valence-corrected chi connectivity index (χ2v) is 7.06. The lowest BCUT2D eigenvalue weighted by molar-refractivity contribution is -0.113. The molecule has 0 aliphatic heterocycles. The van der Waals surface area contributed by atoms with Crippen molar-refractivity contribution in [1.29, 1.82) is 0 Å². The van der Waals surface area contributed by atoms with Crippen molar-refractivity contribution in [2.45, 2.75) is 11.4 Å². The zero-order valence-corrected chi connectivity index (χ0v) is 16.3. The van der Waals surface area contributed by atoms with Crippen LogP contribution in [-0.2, 0) is 0 Å². The van der Waals surface area contributed by atoms with E-state index < -0.39 is 11.4 Å². The molecule has 5 heteroatoms. The Kier molecular flexibility index (Phi) is 5.23. The monoisotopic (exact) mass is 398 g/mol. The highest BCUT2D eigenvalue weighted by molar-refractivity contribution is 6.10. The number of Topliss-reactive ketones (excluding diaryl/α,β-unsaturated/α-hetero) is 1. The van der Waals surface area contributed by atoms with E-state index in [0.717, 1.165) is 0 Å². The average Bonchev–Trinajstić information content (AvgIpc) is 2.77. The van der Waals surface area contributed by atoms with Gasteiger partial charge in [0.1, 0.15) is 11.5 Å². The van der Waals surface area contributed by atoms with Crippen molar-refractivity contribution in [3.8, 4) is 11.5 Å². The second kappa shape index (κ2) is 7.99. The molecule has 150 valence electrons. The largest absolute Gasteiger partial charge is 0.446 e. The van der Waals surface area contributed by atoms with Crippen LogP contribution in [0.1, 0.15) is 10.4 Å². The molecule has 0 atom stereocenters. The molecule has 0 saturated heterocycles. The number of carbonyl (C=O) groups is 1. The standard InChI is InChI=1S/C25H22N2O3/c26-24(27)18-20(23(28)19-10-4-1-5-11-19)16-17-25(24,29-21-12-6-2-7-13-21)30-22-14-8-3-9-15-22/h1-18H,26-27H2. The van der Waals surface area contributed by atoms with Gasteiger partial charge in [0.2, 0.25) is 0 Å². The molecule has 0 bridgehead atoms. The predicted octanol–water partition coefficient (Wildman–Crippen LogP) is 3.83. The van der Waals surface area contributed by atoms with Crippen LogP contribution in [-0.4, -0.2) is 17.2 Å². The molecule has 0 saturated carbocycles. The topological polar surface area (TPSA) is 87.6 Å². The second-order valence-electron chi connectivity index (χ2n) is 7.06. The molecule has 3 aromatic carbocycles. The van der Waals surface area contributed by atoms with Gasteiger partial charge in [-0.25, -0.2) is 0 Å². The molecule has 5 nitrogen and oxygen atoms in total. The maximum absolute atomic E-state index is 12.9. The summed E-state index contributed by atoms with van der Waals surface area (Å²) in [7, 11) is 0. The van der Waals surface area contributed by atoms with Gasteiger partial charge in [-0.3, -0.25) is 4.79 Å². The number of ketones is 1. The van der Waals surface area contributed by atoms with E-state index >= 15 is 0 Å². The minimum absolute atomic E-state index is 0.180. The van der Waals surface area contributed by atoms with Crippen molar-refractivity contribution < 1.29 is 14.3 Å². The molecule has 0 heterocycles. The van der Waals surface area contributed by atoms with Crippen LogP contribution < -0.4 is 20.9 Å². The Morgan fingerprint density at radius 1 is 0.700 bits per heavy atom.